The van der Waals surface area contributed by atoms with Gasteiger partial charge in [-0.05, 0) is 6.07 Å². The molecule has 0 fully saturated rings. The monoisotopic (exact) mass is 197 g/mol. The molecule has 0 unspecified atom stereocenters. The van der Waals surface area contributed by atoms with Gasteiger partial charge in [0.05, 0.1) is 4.92 Å². The van der Waals surface area contributed by atoms with Crippen LogP contribution < -0.4 is 0 Å². The van der Waals surface area contributed by atoms with Gasteiger partial charge in [0.1, 0.15) is 6.29 Å². The highest BCUT2D eigenvalue weighted by Gasteiger charge is 2.22. The summed E-state index contributed by atoms with van der Waals surface area (Å²) in [6, 6.07) is 2.32. The molecule has 1 aromatic carbocycles. The van der Waals surface area contributed by atoms with Gasteiger partial charge in [0, 0.05) is 12.0 Å². The van der Waals surface area contributed by atoms with Gasteiger partial charge in [-0.3, -0.25) is 10.1 Å². The number of phenolic OH excluding ortho intramolecular Hbond substituents is 2. The summed E-state index contributed by atoms with van der Waals surface area (Å²) < 4.78 is 0. The van der Waals surface area contributed by atoms with Crippen LogP contribution in [-0.4, -0.2) is 21.4 Å². The Bertz CT molecular complexity index is 388. The fraction of sp³-hybridized carbons (Fsp3) is 0.125. The van der Waals surface area contributed by atoms with Crippen LogP contribution in [0.15, 0.2) is 12.1 Å². The first-order chi connectivity index (χ1) is 6.57. The molecule has 6 nitrogen and oxygen atoms in total. The lowest BCUT2D eigenvalue weighted by atomic mass is 10.1. The Hall–Kier alpha value is -2.11. The van der Waals surface area contributed by atoms with Gasteiger partial charge in [0.2, 0.25) is 5.75 Å². The third kappa shape index (κ3) is 1.63. The van der Waals surface area contributed by atoms with Crippen molar-refractivity contribution in [1.29, 1.82) is 0 Å². The molecule has 0 aliphatic heterocycles. The summed E-state index contributed by atoms with van der Waals surface area (Å²) in [6.07, 6.45) is 0.378. The Labute approximate surface area is 78.6 Å². The van der Waals surface area contributed by atoms with Crippen LogP contribution in [0.4, 0.5) is 5.69 Å². The molecule has 0 aromatic heterocycles. The Morgan fingerprint density at radius 1 is 1.43 bits per heavy atom. The number of rotatable bonds is 3. The molecule has 0 radical (unpaired) electrons. The lowest BCUT2D eigenvalue weighted by Crippen LogP contribution is -1.94. The maximum atomic E-state index is 10.4. The second kappa shape index (κ2) is 3.73. The Morgan fingerprint density at radius 2 is 2.07 bits per heavy atom. The molecule has 0 atom stereocenters. The Morgan fingerprint density at radius 3 is 2.57 bits per heavy atom. The molecule has 74 valence electrons. The van der Waals surface area contributed by atoms with Crippen LogP contribution in [0.5, 0.6) is 11.5 Å². The van der Waals surface area contributed by atoms with E-state index in [9.17, 15) is 20.0 Å². The molecule has 0 saturated carbocycles. The summed E-state index contributed by atoms with van der Waals surface area (Å²) >= 11 is 0. The van der Waals surface area contributed by atoms with Crippen LogP contribution >= 0.6 is 0 Å². The normalized spacial score (nSPS) is 9.71. The van der Waals surface area contributed by atoms with Crippen molar-refractivity contribution in [1.82, 2.24) is 0 Å². The largest absolute Gasteiger partial charge is 0.502 e. The number of phenols is 2. The minimum atomic E-state index is -0.904. The van der Waals surface area contributed by atoms with Gasteiger partial charge in [-0.1, -0.05) is 6.07 Å². The zero-order valence-electron chi connectivity index (χ0n) is 7.01. The molecule has 0 spiro atoms. The number of carbonyl (C=O) groups is 1. The van der Waals surface area contributed by atoms with E-state index < -0.39 is 22.1 Å². The molecule has 0 saturated heterocycles. The predicted octanol–water partition coefficient (Wildman–Crippen LogP) is 0.747. The van der Waals surface area contributed by atoms with Gasteiger partial charge in [-0.25, -0.2) is 0 Å². The average molecular weight is 197 g/mol. The van der Waals surface area contributed by atoms with Crippen molar-refractivity contribution in [3.63, 3.8) is 0 Å². The van der Waals surface area contributed by atoms with Gasteiger partial charge >= 0.3 is 5.69 Å². The summed E-state index contributed by atoms with van der Waals surface area (Å²) in [6.45, 7) is 0. The standard InChI is InChI=1S/C8H7NO5/c10-4-3-5-1-2-6(11)7(8(5)12)9(13)14/h1-2,4,11-12H,3H2. The fourth-order valence-corrected chi connectivity index (χ4v) is 1.05. The van der Waals surface area contributed by atoms with E-state index in [1.165, 1.54) is 6.07 Å². The van der Waals surface area contributed by atoms with Crippen molar-refractivity contribution in [3.05, 3.63) is 27.8 Å². The lowest BCUT2D eigenvalue weighted by Gasteiger charge is -2.02. The van der Waals surface area contributed by atoms with Crippen LogP contribution in [0.25, 0.3) is 0 Å². The van der Waals surface area contributed by atoms with E-state index in [0.29, 0.717) is 6.29 Å². The molecule has 1 rings (SSSR count). The van der Waals surface area contributed by atoms with Gasteiger partial charge in [-0.15, -0.1) is 0 Å². The van der Waals surface area contributed by atoms with Crippen molar-refractivity contribution in [3.8, 4) is 11.5 Å². The second-order valence-electron chi connectivity index (χ2n) is 2.57. The number of carbonyl (C=O) groups excluding carboxylic acids is 1. The third-order valence-electron chi connectivity index (χ3n) is 1.70. The van der Waals surface area contributed by atoms with E-state index in [0.717, 1.165) is 6.07 Å². The summed E-state index contributed by atoms with van der Waals surface area (Å²) in [7, 11) is 0. The van der Waals surface area contributed by atoms with Crippen molar-refractivity contribution < 1.29 is 19.9 Å². The molecule has 2 N–H and O–H groups in total. The van der Waals surface area contributed by atoms with Crippen molar-refractivity contribution in [2.45, 2.75) is 6.42 Å². The molecule has 0 bridgehead atoms. The molecule has 6 heteroatoms. The maximum Gasteiger partial charge on any atom is 0.352 e. The van der Waals surface area contributed by atoms with Crippen molar-refractivity contribution in [2.75, 3.05) is 0 Å². The van der Waals surface area contributed by atoms with Gasteiger partial charge < -0.3 is 15.0 Å². The molecular formula is C8H7NO5. The highest BCUT2D eigenvalue weighted by molar-refractivity contribution is 5.65. The topological polar surface area (TPSA) is 101 Å². The Kier molecular flexibility index (Phi) is 2.66. The summed E-state index contributed by atoms with van der Waals surface area (Å²) in [5.41, 5.74) is -0.658. The first kappa shape index (κ1) is 9.97. The van der Waals surface area contributed by atoms with Crippen LogP contribution in [0.1, 0.15) is 5.56 Å². The number of benzene rings is 1. The van der Waals surface area contributed by atoms with E-state index in [2.05, 4.69) is 0 Å². The summed E-state index contributed by atoms with van der Waals surface area (Å²) in [4.78, 5) is 19.6. The molecule has 14 heavy (non-hydrogen) atoms. The molecule has 1 aromatic rings. The van der Waals surface area contributed by atoms with Crippen LogP contribution in [0.2, 0.25) is 0 Å². The van der Waals surface area contributed by atoms with Crippen LogP contribution in [-0.2, 0) is 11.2 Å². The van der Waals surface area contributed by atoms with E-state index in [4.69, 9.17) is 5.11 Å². The quantitative estimate of drug-likeness (QED) is 0.423. The van der Waals surface area contributed by atoms with Gasteiger partial charge in [-0.2, -0.15) is 0 Å². The second-order valence-corrected chi connectivity index (χ2v) is 2.57. The zero-order chi connectivity index (χ0) is 10.7. The first-order valence-corrected chi connectivity index (χ1v) is 3.69. The number of hydrogen-bond donors (Lipinski definition) is 2. The minimum absolute atomic E-state index is 0.115. The van der Waals surface area contributed by atoms with Crippen molar-refractivity contribution >= 4 is 12.0 Å². The number of hydrogen-bond acceptors (Lipinski definition) is 5. The fourth-order valence-electron chi connectivity index (χ4n) is 1.05. The number of nitro benzene ring substituents is 1. The maximum absolute atomic E-state index is 10.4. The molecular weight excluding hydrogens is 190 g/mol. The number of aldehydes is 1. The van der Waals surface area contributed by atoms with Crippen molar-refractivity contribution in [2.24, 2.45) is 0 Å². The first-order valence-electron chi connectivity index (χ1n) is 3.69. The molecule has 0 amide bonds. The van der Waals surface area contributed by atoms with Gasteiger partial charge in [0.15, 0.2) is 5.75 Å². The molecule has 0 heterocycles. The molecule has 0 aliphatic rings. The van der Waals surface area contributed by atoms with Crippen LogP contribution in [0, 0.1) is 10.1 Å². The highest BCUT2D eigenvalue weighted by atomic mass is 16.6. The smallest absolute Gasteiger partial charge is 0.352 e. The Balaban J connectivity index is 3.32. The predicted molar refractivity (Wildman–Crippen MR) is 46.2 cm³/mol. The highest BCUT2D eigenvalue weighted by Crippen LogP contribution is 2.37. The van der Waals surface area contributed by atoms with E-state index in [1.807, 2.05) is 0 Å². The van der Waals surface area contributed by atoms with E-state index in [-0.39, 0.29) is 12.0 Å². The van der Waals surface area contributed by atoms with E-state index in [1.54, 1.807) is 0 Å². The SMILES string of the molecule is O=CCc1ccc(O)c([N+](=O)[O-])c1O. The number of nitro groups is 1. The summed E-state index contributed by atoms with van der Waals surface area (Å²) in [5, 5.41) is 28.8. The van der Waals surface area contributed by atoms with E-state index >= 15 is 0 Å². The number of nitrogens with zero attached hydrogens (tertiary/aromatic N) is 1. The molecule has 0 aliphatic carbocycles. The van der Waals surface area contributed by atoms with Gasteiger partial charge in [0.25, 0.3) is 0 Å². The van der Waals surface area contributed by atoms with Crippen LogP contribution in [0.3, 0.4) is 0 Å². The number of aromatic hydroxyl groups is 2. The average Bonchev–Trinajstić information content (AvgIpc) is 2.10. The minimum Gasteiger partial charge on any atom is -0.502 e. The third-order valence-corrected chi connectivity index (χ3v) is 1.70. The zero-order valence-corrected chi connectivity index (χ0v) is 7.01. The summed E-state index contributed by atoms with van der Waals surface area (Å²) in [5.74, 6) is -1.29. The lowest BCUT2D eigenvalue weighted by molar-refractivity contribution is -0.386.